The molecule has 3 N–H and O–H groups in total. The number of nitrogens with zero attached hydrogens (tertiary/aromatic N) is 3. The molecule has 0 radical (unpaired) electrons. The van der Waals surface area contributed by atoms with E-state index in [1.165, 1.54) is 18.3 Å². The van der Waals surface area contributed by atoms with Gasteiger partial charge in [-0.3, -0.25) is 4.98 Å². The van der Waals surface area contributed by atoms with Crippen LogP contribution in [0.5, 0.6) is 0 Å². The first-order valence-corrected chi connectivity index (χ1v) is 7.70. The molecule has 1 atom stereocenters. The lowest BCUT2D eigenvalue weighted by atomic mass is 10.0. The van der Waals surface area contributed by atoms with E-state index in [0.29, 0.717) is 17.2 Å². The number of rotatable bonds is 3. The van der Waals surface area contributed by atoms with Crippen LogP contribution in [-0.4, -0.2) is 32.2 Å². The molecule has 1 aliphatic heterocycles. The van der Waals surface area contributed by atoms with Crippen molar-refractivity contribution in [3.05, 3.63) is 60.3 Å². The number of allylic oxidation sites excluding steroid dienone is 2. The van der Waals surface area contributed by atoms with E-state index in [9.17, 15) is 9.50 Å². The first kappa shape index (κ1) is 16.1. The van der Waals surface area contributed by atoms with Crippen LogP contribution >= 0.6 is 0 Å². The minimum atomic E-state index is -0.676. The third kappa shape index (κ3) is 3.14. The summed E-state index contributed by atoms with van der Waals surface area (Å²) in [5.41, 5.74) is 8.52. The fraction of sp³-hybridized carbons (Fsp3) is 0.222. The molecule has 0 spiro atoms. The molecule has 1 unspecified atom stereocenters. The number of anilines is 1. The molecule has 124 valence electrons. The maximum Gasteiger partial charge on any atom is 0.146 e. The molecule has 5 nitrogen and oxygen atoms in total. The molecule has 0 amide bonds. The molecule has 0 aliphatic carbocycles. The molecule has 1 aromatic heterocycles. The van der Waals surface area contributed by atoms with Gasteiger partial charge in [-0.1, -0.05) is 6.08 Å². The number of aromatic nitrogens is 2. The van der Waals surface area contributed by atoms with E-state index < -0.39 is 6.23 Å². The first-order valence-electron chi connectivity index (χ1n) is 7.70. The largest absolute Gasteiger partial charge is 0.382 e. The van der Waals surface area contributed by atoms with Gasteiger partial charge in [0.05, 0.1) is 17.6 Å². The molecule has 0 bridgehead atoms. The predicted molar refractivity (Wildman–Crippen MR) is 91.9 cm³/mol. The highest BCUT2D eigenvalue weighted by Crippen LogP contribution is 2.30. The molecule has 2 aromatic rings. The van der Waals surface area contributed by atoms with Crippen LogP contribution in [0.4, 0.5) is 10.2 Å². The SMILES string of the molecule is CC(C)N1C=C(c2ncc(N)nc2-c2ccc(F)cc2)C=CC1O. The molecule has 1 aliphatic rings. The van der Waals surface area contributed by atoms with E-state index in [1.54, 1.807) is 24.3 Å². The molecule has 24 heavy (non-hydrogen) atoms. The summed E-state index contributed by atoms with van der Waals surface area (Å²) in [5.74, 6) is -0.0257. The van der Waals surface area contributed by atoms with Crippen molar-refractivity contribution in [3.63, 3.8) is 0 Å². The molecule has 0 saturated carbocycles. The quantitative estimate of drug-likeness (QED) is 0.907. The topological polar surface area (TPSA) is 75.3 Å². The Kier molecular flexibility index (Phi) is 4.31. The van der Waals surface area contributed by atoms with Gasteiger partial charge in [0.2, 0.25) is 0 Å². The van der Waals surface area contributed by atoms with Gasteiger partial charge in [0, 0.05) is 23.4 Å². The first-order chi connectivity index (χ1) is 11.5. The van der Waals surface area contributed by atoms with Crippen molar-refractivity contribution in [2.75, 3.05) is 5.73 Å². The second-order valence-electron chi connectivity index (χ2n) is 5.90. The maximum absolute atomic E-state index is 13.2. The molecular formula is C18H19FN4O. The van der Waals surface area contributed by atoms with Gasteiger partial charge < -0.3 is 15.7 Å². The highest BCUT2D eigenvalue weighted by atomic mass is 19.1. The van der Waals surface area contributed by atoms with Crippen LogP contribution in [0.1, 0.15) is 19.5 Å². The van der Waals surface area contributed by atoms with Crippen LogP contribution in [0.2, 0.25) is 0 Å². The zero-order valence-electron chi connectivity index (χ0n) is 13.5. The lowest BCUT2D eigenvalue weighted by Gasteiger charge is -2.32. The van der Waals surface area contributed by atoms with Crippen molar-refractivity contribution in [1.82, 2.24) is 14.9 Å². The molecule has 6 heteroatoms. The van der Waals surface area contributed by atoms with Crippen molar-refractivity contribution in [3.8, 4) is 11.3 Å². The number of aliphatic hydroxyl groups is 1. The zero-order chi connectivity index (χ0) is 17.3. The van der Waals surface area contributed by atoms with Crippen molar-refractivity contribution in [2.45, 2.75) is 26.1 Å². The molecule has 1 aromatic carbocycles. The monoisotopic (exact) mass is 326 g/mol. The van der Waals surface area contributed by atoms with E-state index in [2.05, 4.69) is 9.97 Å². The van der Waals surface area contributed by atoms with Crippen molar-refractivity contribution < 1.29 is 9.50 Å². The summed E-state index contributed by atoms with van der Waals surface area (Å²) < 4.78 is 13.2. The summed E-state index contributed by atoms with van der Waals surface area (Å²) in [6, 6.07) is 6.16. The summed E-state index contributed by atoms with van der Waals surface area (Å²) >= 11 is 0. The Morgan fingerprint density at radius 2 is 1.92 bits per heavy atom. The third-order valence-electron chi connectivity index (χ3n) is 3.82. The Morgan fingerprint density at radius 3 is 2.58 bits per heavy atom. The van der Waals surface area contributed by atoms with Gasteiger partial charge in [0.1, 0.15) is 17.9 Å². The normalized spacial score (nSPS) is 17.3. The van der Waals surface area contributed by atoms with Crippen LogP contribution in [0.15, 0.2) is 48.8 Å². The number of aliphatic hydroxyl groups excluding tert-OH is 1. The Bertz CT molecular complexity index is 799. The fourth-order valence-electron chi connectivity index (χ4n) is 2.59. The minimum absolute atomic E-state index is 0.121. The summed E-state index contributed by atoms with van der Waals surface area (Å²) in [6.45, 7) is 3.98. The van der Waals surface area contributed by atoms with Gasteiger partial charge in [-0.15, -0.1) is 0 Å². The lowest BCUT2D eigenvalue weighted by Crippen LogP contribution is -2.36. The minimum Gasteiger partial charge on any atom is -0.382 e. The lowest BCUT2D eigenvalue weighted by molar-refractivity contribution is 0.0575. The summed E-state index contributed by atoms with van der Waals surface area (Å²) in [6.07, 6.45) is 6.16. The van der Waals surface area contributed by atoms with Gasteiger partial charge >= 0.3 is 0 Å². The average molecular weight is 326 g/mol. The predicted octanol–water partition coefficient (Wildman–Crippen LogP) is 2.80. The summed E-state index contributed by atoms with van der Waals surface area (Å²) in [4.78, 5) is 10.6. The molecule has 2 heterocycles. The second kappa shape index (κ2) is 6.41. The highest BCUT2D eigenvalue weighted by Gasteiger charge is 2.21. The van der Waals surface area contributed by atoms with Crippen LogP contribution < -0.4 is 5.73 Å². The maximum atomic E-state index is 13.2. The van der Waals surface area contributed by atoms with Crippen LogP contribution in [0, 0.1) is 5.82 Å². The Hall–Kier alpha value is -2.73. The van der Waals surface area contributed by atoms with Gasteiger partial charge in [-0.05, 0) is 44.2 Å². The number of nitrogen functional groups attached to an aromatic ring is 1. The molecular weight excluding hydrogens is 307 g/mol. The Morgan fingerprint density at radius 1 is 1.21 bits per heavy atom. The smallest absolute Gasteiger partial charge is 0.146 e. The third-order valence-corrected chi connectivity index (χ3v) is 3.82. The summed E-state index contributed by atoms with van der Waals surface area (Å²) in [5, 5.41) is 10.1. The number of nitrogens with two attached hydrogens (primary N) is 1. The van der Waals surface area contributed by atoms with Crippen molar-refractivity contribution >= 4 is 11.4 Å². The fourth-order valence-corrected chi connectivity index (χ4v) is 2.59. The average Bonchev–Trinajstić information content (AvgIpc) is 2.56. The standard InChI is InChI=1S/C18H19FN4O/c1-11(2)23-10-13(5-8-16(23)24)17-18(22-15(20)9-21-17)12-3-6-14(19)7-4-12/h3-11,16,24H,1-2H3,(H2,20,22). The highest BCUT2D eigenvalue weighted by molar-refractivity contribution is 5.82. The van der Waals surface area contributed by atoms with E-state index in [4.69, 9.17) is 5.73 Å². The number of hydrogen-bond acceptors (Lipinski definition) is 5. The van der Waals surface area contributed by atoms with E-state index in [1.807, 2.05) is 24.9 Å². The number of halogens is 1. The zero-order valence-corrected chi connectivity index (χ0v) is 13.5. The molecule has 3 rings (SSSR count). The number of hydrogen-bond donors (Lipinski definition) is 2. The van der Waals surface area contributed by atoms with Crippen molar-refractivity contribution in [1.29, 1.82) is 0 Å². The van der Waals surface area contributed by atoms with Gasteiger partial charge in [0.15, 0.2) is 0 Å². The molecule has 0 fully saturated rings. The Balaban J connectivity index is 2.10. The Labute approximate surface area is 140 Å². The van der Waals surface area contributed by atoms with E-state index in [-0.39, 0.29) is 11.9 Å². The van der Waals surface area contributed by atoms with Crippen LogP contribution in [0.25, 0.3) is 16.8 Å². The van der Waals surface area contributed by atoms with E-state index >= 15 is 0 Å². The van der Waals surface area contributed by atoms with Crippen LogP contribution in [-0.2, 0) is 0 Å². The second-order valence-corrected chi connectivity index (χ2v) is 5.90. The molecule has 0 saturated heterocycles. The summed E-state index contributed by atoms with van der Waals surface area (Å²) in [7, 11) is 0. The number of benzene rings is 1. The van der Waals surface area contributed by atoms with E-state index in [0.717, 1.165) is 11.1 Å². The van der Waals surface area contributed by atoms with Gasteiger partial charge in [0.25, 0.3) is 0 Å². The van der Waals surface area contributed by atoms with Crippen molar-refractivity contribution in [2.24, 2.45) is 0 Å². The van der Waals surface area contributed by atoms with Crippen LogP contribution in [0.3, 0.4) is 0 Å². The van der Waals surface area contributed by atoms with Gasteiger partial charge in [-0.25, -0.2) is 9.37 Å². The van der Waals surface area contributed by atoms with Gasteiger partial charge in [-0.2, -0.15) is 0 Å².